The fourth-order valence-corrected chi connectivity index (χ4v) is 6.29. The molecule has 3 fully saturated rings. The highest BCUT2D eigenvalue weighted by Gasteiger charge is 2.41. The standard InChI is InChI=1S/C20H28N2O4S/c1-26-19-8-7-16(13-17(19)20(23)22-9-3-2-4-10-22)27(24,25)21-18-12-14-5-6-15(18)11-14/h7-8,13-15,18,21H,2-6,9-12H2,1H3/t14-,15-,18-/m0/s1. The van der Waals surface area contributed by atoms with E-state index in [1.54, 1.807) is 11.0 Å². The lowest BCUT2D eigenvalue weighted by atomic mass is 9.96. The summed E-state index contributed by atoms with van der Waals surface area (Å²) in [4.78, 5) is 14.9. The van der Waals surface area contributed by atoms with Gasteiger partial charge in [0.05, 0.1) is 17.6 Å². The van der Waals surface area contributed by atoms with Crippen LogP contribution in [0.1, 0.15) is 55.3 Å². The van der Waals surface area contributed by atoms with Gasteiger partial charge in [-0.05, 0) is 68.6 Å². The summed E-state index contributed by atoms with van der Waals surface area (Å²) in [7, 11) is -2.15. The monoisotopic (exact) mass is 392 g/mol. The molecule has 0 radical (unpaired) electrons. The SMILES string of the molecule is COc1ccc(S(=O)(=O)N[C@H]2C[C@H]3CC[C@H]2C3)cc1C(=O)N1CCCCC1. The largest absolute Gasteiger partial charge is 0.496 e. The molecular weight excluding hydrogens is 364 g/mol. The normalized spacial score (nSPS) is 27.7. The van der Waals surface area contributed by atoms with Gasteiger partial charge in [-0.3, -0.25) is 4.79 Å². The van der Waals surface area contributed by atoms with Crippen molar-refractivity contribution >= 4 is 15.9 Å². The molecular formula is C20H28N2O4S. The zero-order chi connectivity index (χ0) is 19.0. The number of hydrogen-bond acceptors (Lipinski definition) is 4. The molecule has 3 aliphatic rings. The zero-order valence-corrected chi connectivity index (χ0v) is 16.6. The van der Waals surface area contributed by atoms with Crippen molar-refractivity contribution in [3.8, 4) is 5.75 Å². The van der Waals surface area contributed by atoms with E-state index in [9.17, 15) is 13.2 Å². The lowest BCUT2D eigenvalue weighted by molar-refractivity contribution is 0.0720. The number of piperidine rings is 1. The third-order valence-corrected chi connectivity index (χ3v) is 7.89. The van der Waals surface area contributed by atoms with E-state index in [1.165, 1.54) is 25.7 Å². The van der Waals surface area contributed by atoms with E-state index in [1.807, 2.05) is 0 Å². The molecule has 0 aromatic heterocycles. The van der Waals surface area contributed by atoms with E-state index in [0.717, 1.165) is 38.5 Å². The van der Waals surface area contributed by atoms with Crippen molar-refractivity contribution in [2.75, 3.05) is 20.2 Å². The summed E-state index contributed by atoms with van der Waals surface area (Å²) >= 11 is 0. The summed E-state index contributed by atoms with van der Waals surface area (Å²) < 4.78 is 34.1. The number of benzene rings is 1. The van der Waals surface area contributed by atoms with Gasteiger partial charge in [0.15, 0.2) is 0 Å². The molecule has 2 bridgehead atoms. The van der Waals surface area contributed by atoms with Gasteiger partial charge in [0.1, 0.15) is 5.75 Å². The number of carbonyl (C=O) groups excluding carboxylic acids is 1. The van der Waals surface area contributed by atoms with Gasteiger partial charge in [-0.15, -0.1) is 0 Å². The Kier molecular flexibility index (Phi) is 5.16. The third kappa shape index (κ3) is 3.72. The van der Waals surface area contributed by atoms with Crippen LogP contribution in [0.25, 0.3) is 0 Å². The summed E-state index contributed by atoms with van der Waals surface area (Å²) in [5.74, 6) is 1.39. The first kappa shape index (κ1) is 18.7. The van der Waals surface area contributed by atoms with Crippen LogP contribution in [0, 0.1) is 11.8 Å². The molecule has 1 heterocycles. The molecule has 7 heteroatoms. The smallest absolute Gasteiger partial charge is 0.257 e. The quantitative estimate of drug-likeness (QED) is 0.836. The molecule has 1 aromatic rings. The molecule has 3 atom stereocenters. The van der Waals surface area contributed by atoms with Gasteiger partial charge in [0, 0.05) is 19.1 Å². The van der Waals surface area contributed by atoms with Gasteiger partial charge in [0.25, 0.3) is 5.91 Å². The molecule has 1 aliphatic heterocycles. The zero-order valence-electron chi connectivity index (χ0n) is 15.8. The van der Waals surface area contributed by atoms with Crippen molar-refractivity contribution in [1.82, 2.24) is 9.62 Å². The van der Waals surface area contributed by atoms with Crippen molar-refractivity contribution in [1.29, 1.82) is 0 Å². The first-order valence-electron chi connectivity index (χ1n) is 9.97. The number of sulfonamides is 1. The van der Waals surface area contributed by atoms with E-state index in [2.05, 4.69) is 4.72 Å². The fraction of sp³-hybridized carbons (Fsp3) is 0.650. The highest BCUT2D eigenvalue weighted by molar-refractivity contribution is 7.89. The fourth-order valence-electron chi connectivity index (χ4n) is 4.95. The van der Waals surface area contributed by atoms with E-state index in [0.29, 0.717) is 36.2 Å². The Morgan fingerprint density at radius 3 is 2.56 bits per heavy atom. The van der Waals surface area contributed by atoms with Crippen LogP contribution in [0.15, 0.2) is 23.1 Å². The summed E-state index contributed by atoms with van der Waals surface area (Å²) in [6, 6.07) is 4.62. The number of ether oxygens (including phenoxy) is 1. The molecule has 1 N–H and O–H groups in total. The Morgan fingerprint density at radius 1 is 1.15 bits per heavy atom. The number of fused-ring (bicyclic) bond motifs is 2. The number of carbonyl (C=O) groups is 1. The van der Waals surface area contributed by atoms with Crippen molar-refractivity contribution in [3.05, 3.63) is 23.8 Å². The molecule has 4 rings (SSSR count). The average molecular weight is 393 g/mol. The maximum atomic E-state index is 12.9. The highest BCUT2D eigenvalue weighted by Crippen LogP contribution is 2.44. The molecule has 1 amide bonds. The van der Waals surface area contributed by atoms with Crippen LogP contribution in [0.2, 0.25) is 0 Å². The van der Waals surface area contributed by atoms with Gasteiger partial charge in [0.2, 0.25) is 10.0 Å². The molecule has 0 spiro atoms. The molecule has 2 aliphatic carbocycles. The molecule has 6 nitrogen and oxygen atoms in total. The third-order valence-electron chi connectivity index (χ3n) is 6.40. The van der Waals surface area contributed by atoms with E-state index in [-0.39, 0.29) is 16.8 Å². The van der Waals surface area contributed by atoms with Gasteiger partial charge in [-0.25, -0.2) is 13.1 Å². The number of rotatable bonds is 5. The van der Waals surface area contributed by atoms with Crippen LogP contribution < -0.4 is 9.46 Å². The molecule has 1 aromatic carbocycles. The van der Waals surface area contributed by atoms with Crippen molar-refractivity contribution in [3.63, 3.8) is 0 Å². The Morgan fingerprint density at radius 2 is 1.93 bits per heavy atom. The van der Waals surface area contributed by atoms with E-state index in [4.69, 9.17) is 4.74 Å². The van der Waals surface area contributed by atoms with Crippen LogP contribution in [-0.4, -0.2) is 45.5 Å². The van der Waals surface area contributed by atoms with Crippen LogP contribution >= 0.6 is 0 Å². The van der Waals surface area contributed by atoms with Crippen LogP contribution in [0.5, 0.6) is 5.75 Å². The van der Waals surface area contributed by atoms with E-state index >= 15 is 0 Å². The van der Waals surface area contributed by atoms with Gasteiger partial charge in [-0.2, -0.15) is 0 Å². The maximum Gasteiger partial charge on any atom is 0.257 e. The van der Waals surface area contributed by atoms with Crippen molar-refractivity contribution in [2.45, 2.75) is 55.9 Å². The van der Waals surface area contributed by atoms with Crippen LogP contribution in [0.4, 0.5) is 0 Å². The Labute approximate surface area is 161 Å². The minimum atomic E-state index is -3.65. The number of amides is 1. The number of likely N-dealkylation sites (tertiary alicyclic amines) is 1. The number of methoxy groups -OCH3 is 1. The van der Waals surface area contributed by atoms with Crippen molar-refractivity contribution in [2.24, 2.45) is 11.8 Å². The first-order valence-corrected chi connectivity index (χ1v) is 11.5. The van der Waals surface area contributed by atoms with Gasteiger partial charge in [-0.1, -0.05) is 6.42 Å². The number of nitrogens with one attached hydrogen (secondary N) is 1. The minimum Gasteiger partial charge on any atom is -0.496 e. The average Bonchev–Trinajstić information content (AvgIpc) is 3.30. The second-order valence-corrected chi connectivity index (χ2v) is 9.83. The predicted molar refractivity (Wildman–Crippen MR) is 102 cm³/mol. The summed E-state index contributed by atoms with van der Waals surface area (Å²) in [6.07, 6.45) is 7.49. The van der Waals surface area contributed by atoms with Crippen LogP contribution in [-0.2, 0) is 10.0 Å². The predicted octanol–water partition coefficient (Wildman–Crippen LogP) is 2.79. The summed E-state index contributed by atoms with van der Waals surface area (Å²) in [5, 5.41) is 0. The number of hydrogen-bond donors (Lipinski definition) is 1. The van der Waals surface area contributed by atoms with Gasteiger partial charge < -0.3 is 9.64 Å². The maximum absolute atomic E-state index is 12.9. The van der Waals surface area contributed by atoms with E-state index < -0.39 is 10.0 Å². The molecule has 1 saturated heterocycles. The van der Waals surface area contributed by atoms with Gasteiger partial charge >= 0.3 is 0 Å². The Balaban J connectivity index is 1.58. The summed E-state index contributed by atoms with van der Waals surface area (Å²) in [6.45, 7) is 1.42. The first-order chi connectivity index (χ1) is 13.0. The highest BCUT2D eigenvalue weighted by atomic mass is 32.2. The second-order valence-electron chi connectivity index (χ2n) is 8.12. The molecule has 27 heavy (non-hydrogen) atoms. The molecule has 148 valence electrons. The van der Waals surface area contributed by atoms with Crippen molar-refractivity contribution < 1.29 is 17.9 Å². The lowest BCUT2D eigenvalue weighted by Crippen LogP contribution is -2.38. The second kappa shape index (κ2) is 7.43. The minimum absolute atomic E-state index is 0.0251. The molecule has 2 saturated carbocycles. The topological polar surface area (TPSA) is 75.7 Å². The number of nitrogens with zero attached hydrogens (tertiary/aromatic N) is 1. The lowest BCUT2D eigenvalue weighted by Gasteiger charge is -2.27. The Bertz CT molecular complexity index is 817. The summed E-state index contributed by atoms with van der Waals surface area (Å²) in [5.41, 5.74) is 0.329. The van der Waals surface area contributed by atoms with Crippen LogP contribution in [0.3, 0.4) is 0 Å². The molecule has 0 unspecified atom stereocenters. The Hall–Kier alpha value is -1.60.